The molecule has 3 heterocycles. The Labute approximate surface area is 237 Å². The van der Waals surface area contributed by atoms with Gasteiger partial charge in [-0.05, 0) is 36.0 Å². The number of benzene rings is 3. The summed E-state index contributed by atoms with van der Waals surface area (Å²) in [7, 11) is 0. The van der Waals surface area contributed by atoms with E-state index in [1.807, 2.05) is 53.3 Å². The third-order valence-electron chi connectivity index (χ3n) is 7.68. The maximum absolute atomic E-state index is 7.61. The van der Waals surface area contributed by atoms with Crippen LogP contribution in [0, 0.1) is 18.8 Å². The van der Waals surface area contributed by atoms with Gasteiger partial charge in [0, 0.05) is 47.7 Å². The van der Waals surface area contributed by atoms with Crippen molar-refractivity contribution in [2.75, 3.05) is 11.9 Å². The third-order valence-corrected chi connectivity index (χ3v) is 7.68. The largest absolute Gasteiger partial charge is 0.510 e. The van der Waals surface area contributed by atoms with Crippen LogP contribution in [0.1, 0.15) is 43.1 Å². The average Bonchev–Trinajstić information content (AvgIpc) is 3.57. The first-order chi connectivity index (χ1) is 18.5. The van der Waals surface area contributed by atoms with Gasteiger partial charge >= 0.3 is 0 Å². The van der Waals surface area contributed by atoms with Crippen LogP contribution in [0.3, 0.4) is 0 Å². The Morgan fingerprint density at radius 2 is 1.68 bits per heavy atom. The number of ether oxygens (including phenoxy) is 1. The van der Waals surface area contributed by atoms with Gasteiger partial charge < -0.3 is 14.5 Å². The minimum atomic E-state index is -2.24. The standard InChI is InChI=1S/C31H29N4O.Pt/c1-30(2)27-15-14-25(36-24-13-9-12-23(18-24)34-17-16-33(5)21-34)19-28(27)35-29(31(30,3)4)26(20-32-35)22-10-7-6-8-11-22;/h6-17,20-21H,1-5H3;/q-3;/i5D3;. The van der Waals surface area contributed by atoms with Gasteiger partial charge in [-0.25, -0.2) is 0 Å². The second-order valence-corrected chi connectivity index (χ2v) is 10.3. The molecule has 0 bridgehead atoms. The summed E-state index contributed by atoms with van der Waals surface area (Å²) < 4.78 is 31.0. The molecule has 6 heteroatoms. The molecule has 0 unspecified atom stereocenters. The molecule has 192 valence electrons. The molecule has 0 saturated carbocycles. The van der Waals surface area contributed by atoms with Crippen LogP contribution >= 0.6 is 0 Å². The normalized spacial score (nSPS) is 18.2. The molecule has 2 aliphatic rings. The Balaban J connectivity index is 0.00000323. The summed E-state index contributed by atoms with van der Waals surface area (Å²) in [6.07, 6.45) is 5.14. The molecule has 4 aromatic rings. The molecule has 0 fully saturated rings. The quantitative estimate of drug-likeness (QED) is 0.223. The molecule has 37 heavy (non-hydrogen) atoms. The molecule has 1 aromatic heterocycles. The van der Waals surface area contributed by atoms with Gasteiger partial charge in [0.2, 0.25) is 0 Å². The Kier molecular flexibility index (Phi) is 5.42. The number of nitrogens with zero attached hydrogens (tertiary/aromatic N) is 4. The van der Waals surface area contributed by atoms with Gasteiger partial charge in [-0.2, -0.15) is 23.9 Å². The molecule has 0 radical (unpaired) electrons. The first kappa shape index (κ1) is 21.8. The van der Waals surface area contributed by atoms with Crippen LogP contribution in [0.25, 0.3) is 16.8 Å². The van der Waals surface area contributed by atoms with Crippen molar-refractivity contribution in [3.8, 4) is 28.3 Å². The van der Waals surface area contributed by atoms with Crippen molar-refractivity contribution in [3.63, 3.8) is 0 Å². The zero-order chi connectivity index (χ0) is 27.6. The SMILES string of the molecule is [2H]C([2H])([2H])N1C=CN(c2[c-]c(Oc3[c-]c4c(cc3)C(C)(C)C(C)(C)c3c(-c5ccccc5)cnn3-4)ccc2)[CH-]1.[Pt]. The first-order valence-corrected chi connectivity index (χ1v) is 12.0. The van der Waals surface area contributed by atoms with Crippen molar-refractivity contribution in [1.29, 1.82) is 0 Å². The van der Waals surface area contributed by atoms with Gasteiger partial charge in [0.1, 0.15) is 0 Å². The van der Waals surface area contributed by atoms with Crippen molar-refractivity contribution < 1.29 is 29.9 Å². The van der Waals surface area contributed by atoms with E-state index in [-0.39, 0.29) is 31.9 Å². The fourth-order valence-electron chi connectivity index (χ4n) is 5.04. The maximum Gasteiger partial charge on any atom is 0.0575 e. The van der Waals surface area contributed by atoms with Crippen LogP contribution < -0.4 is 9.64 Å². The fourth-order valence-corrected chi connectivity index (χ4v) is 5.04. The summed E-state index contributed by atoms with van der Waals surface area (Å²) >= 11 is 0. The van der Waals surface area contributed by atoms with E-state index in [0.717, 1.165) is 28.1 Å². The molecular formula is C31H29N4OPt-3. The Morgan fingerprint density at radius 1 is 0.892 bits per heavy atom. The number of anilines is 1. The molecule has 5 nitrogen and oxygen atoms in total. The van der Waals surface area contributed by atoms with Gasteiger partial charge in [0.15, 0.2) is 0 Å². The van der Waals surface area contributed by atoms with Crippen molar-refractivity contribution in [2.24, 2.45) is 0 Å². The van der Waals surface area contributed by atoms with Crippen LogP contribution in [0.4, 0.5) is 5.69 Å². The molecule has 0 amide bonds. The second-order valence-electron chi connectivity index (χ2n) is 10.3. The van der Waals surface area contributed by atoms with E-state index in [4.69, 9.17) is 13.9 Å². The second kappa shape index (κ2) is 9.22. The fraction of sp³-hybridized carbons (Fsp3) is 0.226. The van der Waals surface area contributed by atoms with Gasteiger partial charge in [-0.15, -0.1) is 41.6 Å². The Hall–Kier alpha value is -3.30. The van der Waals surface area contributed by atoms with Crippen LogP contribution in [0.5, 0.6) is 11.5 Å². The zero-order valence-corrected chi connectivity index (χ0v) is 23.4. The number of aromatic nitrogens is 2. The van der Waals surface area contributed by atoms with Gasteiger partial charge in [-0.3, -0.25) is 4.68 Å². The van der Waals surface area contributed by atoms with E-state index in [1.54, 1.807) is 11.1 Å². The van der Waals surface area contributed by atoms with Crippen molar-refractivity contribution in [3.05, 3.63) is 109 Å². The van der Waals surface area contributed by atoms with E-state index >= 15 is 0 Å². The smallest absolute Gasteiger partial charge is 0.0575 e. The van der Waals surface area contributed by atoms with Crippen LogP contribution in [-0.4, -0.2) is 21.7 Å². The Bertz CT molecular complexity index is 1580. The molecule has 0 N–H and O–H groups in total. The summed E-state index contributed by atoms with van der Waals surface area (Å²) in [5, 5.41) is 4.83. The molecule has 0 spiro atoms. The maximum atomic E-state index is 7.61. The number of fused-ring (bicyclic) bond motifs is 3. The van der Waals surface area contributed by atoms with Crippen LogP contribution in [0.2, 0.25) is 0 Å². The number of hydrogen-bond donors (Lipinski definition) is 0. The van der Waals surface area contributed by atoms with E-state index in [1.165, 1.54) is 17.8 Å². The predicted molar refractivity (Wildman–Crippen MR) is 143 cm³/mol. The summed E-state index contributed by atoms with van der Waals surface area (Å²) in [4.78, 5) is 2.88. The zero-order valence-electron chi connectivity index (χ0n) is 24.1. The molecule has 0 saturated heterocycles. The summed E-state index contributed by atoms with van der Waals surface area (Å²) in [6, 6.07) is 26.6. The van der Waals surface area contributed by atoms with Gasteiger partial charge in [0.25, 0.3) is 0 Å². The topological polar surface area (TPSA) is 33.5 Å². The van der Waals surface area contributed by atoms with Crippen molar-refractivity contribution in [2.45, 2.75) is 38.5 Å². The van der Waals surface area contributed by atoms with E-state index in [2.05, 4.69) is 58.0 Å². The van der Waals surface area contributed by atoms with E-state index in [9.17, 15) is 0 Å². The minimum Gasteiger partial charge on any atom is -0.510 e. The molecule has 3 aromatic carbocycles. The summed E-state index contributed by atoms with van der Waals surface area (Å²) in [6.45, 7) is 8.36. The Morgan fingerprint density at radius 3 is 2.43 bits per heavy atom. The molecule has 0 aliphatic carbocycles. The van der Waals surface area contributed by atoms with Gasteiger partial charge in [-0.1, -0.05) is 58.0 Å². The first-order valence-electron chi connectivity index (χ1n) is 13.5. The van der Waals surface area contributed by atoms with Crippen LogP contribution in [-0.2, 0) is 31.9 Å². The predicted octanol–water partition coefficient (Wildman–Crippen LogP) is 6.84. The van der Waals surface area contributed by atoms with E-state index < -0.39 is 6.98 Å². The summed E-state index contributed by atoms with van der Waals surface area (Å²) in [5.74, 6) is 1.05. The third kappa shape index (κ3) is 4.10. The van der Waals surface area contributed by atoms with Crippen LogP contribution in [0.15, 0.2) is 79.3 Å². The molecule has 0 atom stereocenters. The molecule has 2 aliphatic heterocycles. The molecule has 6 rings (SSSR count). The minimum absolute atomic E-state index is 0. The van der Waals surface area contributed by atoms with Gasteiger partial charge in [0.05, 0.1) is 11.9 Å². The van der Waals surface area contributed by atoms with Crippen molar-refractivity contribution >= 4 is 5.69 Å². The monoisotopic (exact) mass is 671 g/mol. The average molecular weight is 672 g/mol. The summed E-state index contributed by atoms with van der Waals surface area (Å²) in [5.41, 5.74) is 5.67. The number of hydrogen-bond acceptors (Lipinski definition) is 4. The van der Waals surface area contributed by atoms with E-state index in [0.29, 0.717) is 17.2 Å². The number of rotatable bonds is 4. The van der Waals surface area contributed by atoms with Crippen molar-refractivity contribution in [1.82, 2.24) is 14.7 Å². The molecular weight excluding hydrogens is 639 g/mol.